The summed E-state index contributed by atoms with van der Waals surface area (Å²) in [5, 5.41) is 2.70. The van der Waals surface area contributed by atoms with Crippen LogP contribution in [-0.4, -0.2) is 0 Å². The lowest BCUT2D eigenvalue weighted by Gasteiger charge is -2.28. The molecule has 0 unspecified atom stereocenters. The Hall–Kier alpha value is -3.68. The number of fused-ring (bicyclic) bond motifs is 6. The summed E-state index contributed by atoms with van der Waals surface area (Å²) in [6, 6.07) is 42.4. The van der Waals surface area contributed by atoms with E-state index >= 15 is 0 Å². The van der Waals surface area contributed by atoms with Crippen LogP contribution in [0.2, 0.25) is 0 Å². The number of thiophene rings is 1. The quantitative estimate of drug-likeness (QED) is 0.253. The Bertz CT molecular complexity index is 1640. The summed E-state index contributed by atoms with van der Waals surface area (Å²) in [5.74, 6) is 0. The van der Waals surface area contributed by atoms with Crippen molar-refractivity contribution < 1.29 is 0 Å². The molecule has 1 aromatic heterocycles. The molecule has 1 aliphatic rings. The number of benzene rings is 5. The third-order valence-corrected chi connectivity index (χ3v) is 8.60. The summed E-state index contributed by atoms with van der Waals surface area (Å²) in [5.41, 5.74) is 9.27. The number of rotatable bonds is 2. The standard InChI is InChI=1S/C32H22S/c1-32(28-17-5-2-12-24(28)25-13-3-6-18-29(25)32)22-11-8-10-21(20-22)23-15-9-16-27-26-14-4-7-19-30(26)33-31(23)27/h2-20H,1H3. The van der Waals surface area contributed by atoms with Crippen molar-refractivity contribution in [1.82, 2.24) is 0 Å². The van der Waals surface area contributed by atoms with Crippen molar-refractivity contribution in [2.24, 2.45) is 0 Å². The van der Waals surface area contributed by atoms with Crippen LogP contribution in [-0.2, 0) is 5.41 Å². The third-order valence-electron chi connectivity index (χ3n) is 7.38. The van der Waals surface area contributed by atoms with Crippen LogP contribution in [0.1, 0.15) is 23.6 Å². The smallest absolute Gasteiger partial charge is 0.0435 e. The summed E-state index contributed by atoms with van der Waals surface area (Å²) < 4.78 is 2.72. The van der Waals surface area contributed by atoms with Gasteiger partial charge in [0.05, 0.1) is 0 Å². The lowest BCUT2D eigenvalue weighted by molar-refractivity contribution is 0.714. The van der Waals surface area contributed by atoms with Gasteiger partial charge in [0, 0.05) is 25.6 Å². The highest BCUT2D eigenvalue weighted by molar-refractivity contribution is 7.26. The predicted molar refractivity (Wildman–Crippen MR) is 142 cm³/mol. The van der Waals surface area contributed by atoms with Gasteiger partial charge < -0.3 is 0 Å². The normalized spacial score (nSPS) is 13.8. The molecule has 0 fully saturated rings. The zero-order valence-electron chi connectivity index (χ0n) is 18.4. The molecule has 0 N–H and O–H groups in total. The molecular formula is C32H22S. The van der Waals surface area contributed by atoms with E-state index in [0.29, 0.717) is 0 Å². The van der Waals surface area contributed by atoms with Crippen molar-refractivity contribution in [1.29, 1.82) is 0 Å². The Labute approximate surface area is 197 Å². The SMILES string of the molecule is CC1(c2cccc(-c3cccc4c3sc3ccccc34)c2)c2ccccc2-c2ccccc21. The number of hydrogen-bond acceptors (Lipinski definition) is 1. The van der Waals surface area contributed by atoms with E-state index in [-0.39, 0.29) is 5.41 Å². The fourth-order valence-electron chi connectivity index (χ4n) is 5.74. The van der Waals surface area contributed by atoms with Gasteiger partial charge in [-0.2, -0.15) is 0 Å². The van der Waals surface area contributed by atoms with E-state index in [1.165, 1.54) is 59.1 Å². The Morgan fingerprint density at radius 3 is 1.94 bits per heavy atom. The average Bonchev–Trinajstić information content (AvgIpc) is 3.39. The van der Waals surface area contributed by atoms with Crippen molar-refractivity contribution in [2.75, 3.05) is 0 Å². The maximum absolute atomic E-state index is 2.41. The Morgan fingerprint density at radius 1 is 0.545 bits per heavy atom. The lowest BCUT2D eigenvalue weighted by Crippen LogP contribution is -2.22. The zero-order chi connectivity index (χ0) is 22.0. The number of hydrogen-bond donors (Lipinski definition) is 0. The highest BCUT2D eigenvalue weighted by atomic mass is 32.1. The minimum Gasteiger partial charge on any atom is -0.135 e. The highest BCUT2D eigenvalue weighted by Crippen LogP contribution is 2.52. The van der Waals surface area contributed by atoms with E-state index in [4.69, 9.17) is 0 Å². The topological polar surface area (TPSA) is 0 Å². The van der Waals surface area contributed by atoms with Gasteiger partial charge in [-0.05, 0) is 58.0 Å². The minimum absolute atomic E-state index is 0.169. The van der Waals surface area contributed by atoms with Crippen molar-refractivity contribution in [3.8, 4) is 22.3 Å². The summed E-state index contributed by atoms with van der Waals surface area (Å²) in [7, 11) is 0. The van der Waals surface area contributed by atoms with Crippen molar-refractivity contribution >= 4 is 31.5 Å². The fourth-order valence-corrected chi connectivity index (χ4v) is 6.97. The second kappa shape index (κ2) is 6.91. The lowest BCUT2D eigenvalue weighted by atomic mass is 9.74. The summed E-state index contributed by atoms with van der Waals surface area (Å²) in [6.07, 6.45) is 0. The maximum atomic E-state index is 2.41. The first-order valence-electron chi connectivity index (χ1n) is 11.5. The molecule has 5 aromatic carbocycles. The Kier molecular flexibility index (Phi) is 3.95. The molecule has 33 heavy (non-hydrogen) atoms. The van der Waals surface area contributed by atoms with Crippen LogP contribution in [0.15, 0.2) is 115 Å². The van der Waals surface area contributed by atoms with Gasteiger partial charge in [-0.15, -0.1) is 11.3 Å². The molecule has 156 valence electrons. The van der Waals surface area contributed by atoms with Crippen LogP contribution < -0.4 is 0 Å². The van der Waals surface area contributed by atoms with Crippen LogP contribution in [0, 0.1) is 0 Å². The Balaban J connectivity index is 1.47. The van der Waals surface area contributed by atoms with Crippen molar-refractivity contribution in [3.05, 3.63) is 132 Å². The zero-order valence-corrected chi connectivity index (χ0v) is 19.2. The van der Waals surface area contributed by atoms with Crippen LogP contribution in [0.5, 0.6) is 0 Å². The van der Waals surface area contributed by atoms with E-state index in [0.717, 1.165) is 0 Å². The van der Waals surface area contributed by atoms with E-state index in [1.807, 2.05) is 11.3 Å². The van der Waals surface area contributed by atoms with Crippen LogP contribution in [0.25, 0.3) is 42.4 Å². The van der Waals surface area contributed by atoms with Crippen molar-refractivity contribution in [3.63, 3.8) is 0 Å². The molecule has 0 atom stereocenters. The molecule has 1 aliphatic carbocycles. The second-order valence-corrected chi connectivity index (χ2v) is 10.1. The van der Waals surface area contributed by atoms with Gasteiger partial charge in [-0.3, -0.25) is 0 Å². The van der Waals surface area contributed by atoms with Crippen LogP contribution in [0.3, 0.4) is 0 Å². The first-order valence-corrected chi connectivity index (χ1v) is 12.3. The van der Waals surface area contributed by atoms with Crippen molar-refractivity contribution in [2.45, 2.75) is 12.3 Å². The summed E-state index contributed by atoms with van der Waals surface area (Å²) >= 11 is 1.90. The fraction of sp³-hybridized carbons (Fsp3) is 0.0625. The molecule has 0 spiro atoms. The van der Waals surface area contributed by atoms with E-state index in [9.17, 15) is 0 Å². The molecule has 0 saturated carbocycles. The largest absolute Gasteiger partial charge is 0.135 e. The Morgan fingerprint density at radius 2 is 1.15 bits per heavy atom. The third kappa shape index (κ3) is 2.57. The van der Waals surface area contributed by atoms with Gasteiger partial charge in [0.25, 0.3) is 0 Å². The molecule has 0 saturated heterocycles. The molecule has 1 heterocycles. The molecule has 1 heteroatoms. The van der Waals surface area contributed by atoms with E-state index < -0.39 is 0 Å². The minimum atomic E-state index is -0.169. The van der Waals surface area contributed by atoms with Gasteiger partial charge in [0.2, 0.25) is 0 Å². The second-order valence-electron chi connectivity index (χ2n) is 9.08. The maximum Gasteiger partial charge on any atom is 0.0435 e. The highest BCUT2D eigenvalue weighted by Gasteiger charge is 2.40. The van der Waals surface area contributed by atoms with E-state index in [1.54, 1.807) is 0 Å². The summed E-state index contributed by atoms with van der Waals surface area (Å²) in [6.45, 7) is 2.39. The molecule has 0 nitrogen and oxygen atoms in total. The molecule has 0 aliphatic heterocycles. The van der Waals surface area contributed by atoms with Gasteiger partial charge in [0.1, 0.15) is 0 Å². The average molecular weight is 439 g/mol. The molecular weight excluding hydrogens is 416 g/mol. The van der Waals surface area contributed by atoms with Crippen LogP contribution in [0.4, 0.5) is 0 Å². The van der Waals surface area contributed by atoms with Gasteiger partial charge in [-0.1, -0.05) is 103 Å². The van der Waals surface area contributed by atoms with E-state index in [2.05, 4.69) is 122 Å². The first-order chi connectivity index (χ1) is 16.2. The van der Waals surface area contributed by atoms with Crippen LogP contribution >= 0.6 is 11.3 Å². The monoisotopic (exact) mass is 438 g/mol. The van der Waals surface area contributed by atoms with Gasteiger partial charge in [0.15, 0.2) is 0 Å². The first kappa shape index (κ1) is 18.8. The molecule has 0 radical (unpaired) electrons. The predicted octanol–water partition coefficient (Wildman–Crippen LogP) is 9.06. The molecule has 0 bridgehead atoms. The molecule has 7 rings (SSSR count). The molecule has 0 amide bonds. The summed E-state index contributed by atoms with van der Waals surface area (Å²) in [4.78, 5) is 0. The van der Waals surface area contributed by atoms with Gasteiger partial charge >= 0.3 is 0 Å². The molecule has 6 aromatic rings. The van der Waals surface area contributed by atoms with Gasteiger partial charge in [-0.25, -0.2) is 0 Å².